The molecule has 60 heavy (non-hydrogen) atoms. The minimum Gasteiger partial charge on any atom is -0.657 e. The van der Waals surface area contributed by atoms with Gasteiger partial charge in [0.25, 0.3) is 0 Å². The fourth-order valence-electron chi connectivity index (χ4n) is 7.70. The second kappa shape index (κ2) is 16.2. The van der Waals surface area contributed by atoms with Crippen molar-refractivity contribution < 1.29 is 19.5 Å². The molecule has 0 fully saturated rings. The Labute approximate surface area is 384 Å². The van der Waals surface area contributed by atoms with Crippen LogP contribution < -0.4 is 9.97 Å². The van der Waals surface area contributed by atoms with E-state index in [9.17, 15) is 0 Å². The summed E-state index contributed by atoms with van der Waals surface area (Å²) in [5.74, 6) is 3.41. The van der Waals surface area contributed by atoms with Gasteiger partial charge in [0, 0.05) is 32.4 Å². The second-order valence-corrected chi connectivity index (χ2v) is 25.9. The Morgan fingerprint density at radius 2 is 1.25 bits per heavy atom. The average molecular weight is 966 g/mol. The smallest absolute Gasteiger partial charge is 0.657 e. The Bertz CT molecular complexity index is 2850. The van der Waals surface area contributed by atoms with Crippen LogP contribution in [-0.2, 0) is 42.1 Å². The molecule has 0 aliphatic carbocycles. The molecule has 7 heteroatoms. The number of hydrogen-bond acceptors (Lipinski definition) is 2. The van der Waals surface area contributed by atoms with Gasteiger partial charge in [-0.25, -0.2) is 4.98 Å². The first kappa shape index (κ1) is 43.7. The van der Waals surface area contributed by atoms with Crippen molar-refractivity contribution in [3.63, 3.8) is 0 Å². The summed E-state index contributed by atoms with van der Waals surface area (Å²) in [5.41, 5.74) is 20.6. The van der Waals surface area contributed by atoms with Crippen LogP contribution in [0.3, 0.4) is 0 Å². The molecule has 0 saturated heterocycles. The van der Waals surface area contributed by atoms with E-state index in [1.807, 2.05) is 0 Å². The summed E-state index contributed by atoms with van der Waals surface area (Å²) in [7, 11) is -1.49. The van der Waals surface area contributed by atoms with E-state index in [2.05, 4.69) is 218 Å². The van der Waals surface area contributed by atoms with Gasteiger partial charge in [-0.05, 0) is 114 Å². The molecular formula is C53H53IN4SiZn. The van der Waals surface area contributed by atoms with Gasteiger partial charge in [-0.15, -0.1) is 27.6 Å². The first-order valence-corrected chi connectivity index (χ1v) is 25.2. The van der Waals surface area contributed by atoms with E-state index in [0.29, 0.717) is 0 Å². The molecule has 0 radical (unpaired) electrons. The molecule has 2 aliphatic heterocycles. The van der Waals surface area contributed by atoms with Gasteiger partial charge in [-0.1, -0.05) is 154 Å². The first-order valence-electron chi connectivity index (χ1n) is 20.6. The third-order valence-electron chi connectivity index (χ3n) is 11.1. The van der Waals surface area contributed by atoms with Crippen LogP contribution >= 0.6 is 22.6 Å². The van der Waals surface area contributed by atoms with E-state index in [-0.39, 0.29) is 35.7 Å². The number of nitrogens with zero attached hydrogens (tertiary/aromatic N) is 4. The van der Waals surface area contributed by atoms with E-state index in [1.54, 1.807) is 0 Å². The van der Waals surface area contributed by atoms with Crippen LogP contribution in [0, 0.1) is 15.0 Å². The van der Waals surface area contributed by atoms with Gasteiger partial charge < -0.3 is 9.97 Å². The molecule has 0 unspecified atom stereocenters. The fourth-order valence-corrected chi connectivity index (χ4v) is 8.57. The van der Waals surface area contributed by atoms with E-state index >= 15 is 0 Å². The number of fused-ring (bicyclic) bond motifs is 8. The summed E-state index contributed by atoms with van der Waals surface area (Å²) in [6.07, 6.45) is 5.06. The molecule has 3 aromatic heterocycles. The molecule has 0 amide bonds. The third kappa shape index (κ3) is 9.42. The van der Waals surface area contributed by atoms with Crippen LogP contribution in [0.1, 0.15) is 94.9 Å². The maximum atomic E-state index is 5.53. The second-order valence-electron chi connectivity index (χ2n) is 19.9. The molecule has 3 aromatic carbocycles. The Morgan fingerprint density at radius 3 is 1.87 bits per heavy atom. The van der Waals surface area contributed by atoms with Crippen molar-refractivity contribution in [2.24, 2.45) is 0 Å². The van der Waals surface area contributed by atoms with E-state index < -0.39 is 8.07 Å². The molecular weight excluding hydrogens is 913 g/mol. The Balaban J connectivity index is 0.00000544. The largest absolute Gasteiger partial charge is 2.00 e. The summed E-state index contributed by atoms with van der Waals surface area (Å²) in [4.78, 5) is 21.5. The normalized spacial score (nSPS) is 13.7. The third-order valence-corrected chi connectivity index (χ3v) is 12.7. The van der Waals surface area contributed by atoms with E-state index in [1.165, 1.54) is 14.7 Å². The SMILES string of the molecule is CC(C)(C)c1cc(-c2c3nc(cc4[n-]c(cc5nc(cc6[n-]c2cc6-c2ccc(I)cc2)C(C)(C)C5)cc4-c2ccc(C#C[Si](C)(C)C)cc2)C=C3)cc(C(C)(C)C)c1.[Zn+2]. The van der Waals surface area contributed by atoms with Gasteiger partial charge in [0.2, 0.25) is 0 Å². The molecule has 0 spiro atoms. The summed E-state index contributed by atoms with van der Waals surface area (Å²) in [6, 6.07) is 35.3. The van der Waals surface area contributed by atoms with Crippen LogP contribution in [0.15, 0.2) is 97.1 Å². The van der Waals surface area contributed by atoms with Crippen LogP contribution in [0.5, 0.6) is 0 Å². The van der Waals surface area contributed by atoms with Crippen molar-refractivity contribution in [1.29, 1.82) is 0 Å². The number of benzene rings is 3. The van der Waals surface area contributed by atoms with Crippen LogP contribution in [0.25, 0.3) is 67.6 Å². The Hall–Kier alpha value is -4.35. The first-order chi connectivity index (χ1) is 27.7. The van der Waals surface area contributed by atoms with Crippen LogP contribution in [0.4, 0.5) is 0 Å². The van der Waals surface area contributed by atoms with Crippen molar-refractivity contribution in [3.8, 4) is 44.8 Å². The molecule has 0 atom stereocenters. The van der Waals surface area contributed by atoms with Gasteiger partial charge in [0.1, 0.15) is 8.07 Å². The average Bonchev–Trinajstić information content (AvgIpc) is 3.93. The molecule has 0 N–H and O–H groups in total. The maximum Gasteiger partial charge on any atom is 2.00 e. The monoisotopic (exact) mass is 964 g/mol. The fraction of sp³-hybridized carbons (Fsp3) is 0.283. The quantitative estimate of drug-likeness (QED) is 0.101. The minimum atomic E-state index is -1.49. The van der Waals surface area contributed by atoms with E-state index in [0.717, 1.165) is 90.2 Å². The van der Waals surface area contributed by atoms with Crippen molar-refractivity contribution in [1.82, 2.24) is 19.9 Å². The van der Waals surface area contributed by atoms with E-state index in [4.69, 9.17) is 19.9 Å². The van der Waals surface area contributed by atoms with Gasteiger partial charge in [-0.3, -0.25) is 4.98 Å². The molecule has 298 valence electrons. The van der Waals surface area contributed by atoms with Gasteiger partial charge in [0.05, 0.1) is 11.4 Å². The minimum absolute atomic E-state index is 0. The molecule has 8 rings (SSSR count). The van der Waals surface area contributed by atoms with Crippen molar-refractivity contribution in [3.05, 3.63) is 140 Å². The predicted octanol–water partition coefficient (Wildman–Crippen LogP) is 13.7. The zero-order valence-corrected chi connectivity index (χ0v) is 43.1. The number of rotatable bonds is 3. The predicted molar refractivity (Wildman–Crippen MR) is 261 cm³/mol. The standard InChI is InChI=1S/C53H53IN4Si.Zn/c1-51(2,3)37-24-36(25-38(26-37)52(4,5)6)50-45-21-20-40(55-45)29-46-43(34-14-12-33(13-15-34)22-23-59(9,10)11)28-41(56-46)27-42-32-53(7,8)49(57-42)31-47-44(30-48(50)58-47)35-16-18-39(54)19-17-35;/h12-21,24-31H,32H2,1-11H3;/q-2;+2. The zero-order valence-electron chi connectivity index (χ0n) is 37.0. The summed E-state index contributed by atoms with van der Waals surface area (Å²) in [6.45, 7) is 25.1. The summed E-state index contributed by atoms with van der Waals surface area (Å²) >= 11 is 2.38. The number of hydrogen-bond donors (Lipinski definition) is 0. The number of aromatic nitrogens is 4. The number of halogens is 1. The van der Waals surface area contributed by atoms with Crippen molar-refractivity contribution in [2.45, 2.75) is 97.7 Å². The Kier molecular flexibility index (Phi) is 11.8. The van der Waals surface area contributed by atoms with Crippen LogP contribution in [-0.4, -0.2) is 18.0 Å². The molecule has 2 aliphatic rings. The van der Waals surface area contributed by atoms with Gasteiger partial charge in [0.15, 0.2) is 0 Å². The molecule has 5 heterocycles. The molecule has 8 bridgehead atoms. The van der Waals surface area contributed by atoms with Crippen LogP contribution in [0.2, 0.25) is 19.6 Å². The molecule has 6 aromatic rings. The van der Waals surface area contributed by atoms with Gasteiger partial charge in [-0.2, -0.15) is 0 Å². The molecule has 4 nitrogen and oxygen atoms in total. The van der Waals surface area contributed by atoms with Crippen molar-refractivity contribution >= 4 is 64.9 Å². The molecule has 0 saturated carbocycles. The summed E-state index contributed by atoms with van der Waals surface area (Å²) in [5, 5.41) is 0. The van der Waals surface area contributed by atoms with Gasteiger partial charge >= 0.3 is 19.5 Å². The topological polar surface area (TPSA) is 54.0 Å². The van der Waals surface area contributed by atoms with Crippen molar-refractivity contribution in [2.75, 3.05) is 0 Å². The Morgan fingerprint density at radius 1 is 0.650 bits per heavy atom. The maximum absolute atomic E-state index is 5.53. The summed E-state index contributed by atoms with van der Waals surface area (Å²) < 4.78 is 1.19. The zero-order chi connectivity index (χ0) is 42.1.